The molecule has 3 aromatic rings. The van der Waals surface area contributed by atoms with E-state index in [1.165, 1.54) is 4.57 Å². The van der Waals surface area contributed by atoms with Gasteiger partial charge in [-0.1, -0.05) is 28.1 Å². The molecule has 0 saturated heterocycles. The minimum absolute atomic E-state index is 0.0208. The number of hydrogen-bond acceptors (Lipinski definition) is 4. The highest BCUT2D eigenvalue weighted by molar-refractivity contribution is 9.10. The van der Waals surface area contributed by atoms with Crippen LogP contribution < -0.4 is 10.9 Å². The van der Waals surface area contributed by atoms with Crippen LogP contribution in [0.3, 0.4) is 0 Å². The molecule has 0 saturated carbocycles. The summed E-state index contributed by atoms with van der Waals surface area (Å²) in [5, 5.41) is 12.8. The van der Waals surface area contributed by atoms with Crippen molar-refractivity contribution < 1.29 is 0 Å². The Hall–Kier alpha value is -2.65. The number of para-hydroxylation sites is 1. The molecule has 0 atom stereocenters. The second-order valence-corrected chi connectivity index (χ2v) is 6.27. The molecule has 0 spiro atoms. The summed E-state index contributed by atoms with van der Waals surface area (Å²) in [6.45, 7) is 2.35. The van der Waals surface area contributed by atoms with E-state index in [1.807, 2.05) is 37.3 Å². The lowest BCUT2D eigenvalue weighted by Gasteiger charge is -2.13. The molecule has 1 heterocycles. The molecule has 0 radical (unpaired) electrons. The monoisotopic (exact) mass is 382 g/mol. The Morgan fingerprint density at radius 2 is 2.08 bits per heavy atom. The quantitative estimate of drug-likeness (QED) is 0.747. The van der Waals surface area contributed by atoms with Gasteiger partial charge in [0.15, 0.2) is 0 Å². The minimum atomic E-state index is -0.189. The summed E-state index contributed by atoms with van der Waals surface area (Å²) in [6, 6.07) is 15.1. The first-order chi connectivity index (χ1) is 11.6. The molecule has 0 aliphatic carbocycles. The highest BCUT2D eigenvalue weighted by Gasteiger charge is 2.10. The number of halogens is 1. The molecule has 0 aliphatic rings. The lowest BCUT2D eigenvalue weighted by Crippen LogP contribution is -2.26. The van der Waals surface area contributed by atoms with E-state index in [9.17, 15) is 4.79 Å². The molecule has 120 valence electrons. The van der Waals surface area contributed by atoms with E-state index >= 15 is 0 Å². The molecule has 1 N–H and O–H groups in total. The van der Waals surface area contributed by atoms with Gasteiger partial charge in [0.25, 0.3) is 5.56 Å². The summed E-state index contributed by atoms with van der Waals surface area (Å²) in [4.78, 5) is 17.1. The molecule has 3 rings (SSSR count). The van der Waals surface area contributed by atoms with E-state index in [2.05, 4.69) is 26.2 Å². The van der Waals surface area contributed by atoms with Crippen molar-refractivity contribution in [2.75, 3.05) is 5.32 Å². The maximum absolute atomic E-state index is 12.6. The molecule has 6 heteroatoms. The van der Waals surface area contributed by atoms with Crippen LogP contribution in [0.2, 0.25) is 0 Å². The minimum Gasteiger partial charge on any atom is -0.378 e. The fourth-order valence-corrected chi connectivity index (χ4v) is 2.77. The zero-order valence-corrected chi connectivity index (χ0v) is 14.7. The van der Waals surface area contributed by atoms with Crippen LogP contribution in [0.1, 0.15) is 11.4 Å². The van der Waals surface area contributed by atoms with Gasteiger partial charge < -0.3 is 5.32 Å². The first kappa shape index (κ1) is 16.2. The Balaban J connectivity index is 1.98. The fourth-order valence-electron chi connectivity index (χ4n) is 2.52. The average Bonchev–Trinajstić information content (AvgIpc) is 2.59. The van der Waals surface area contributed by atoms with E-state index < -0.39 is 0 Å². The van der Waals surface area contributed by atoms with Gasteiger partial charge in [0.2, 0.25) is 0 Å². The Morgan fingerprint density at radius 1 is 1.29 bits per heavy atom. The molecule has 2 aromatic carbocycles. The van der Waals surface area contributed by atoms with Gasteiger partial charge in [-0.15, -0.1) is 0 Å². The van der Waals surface area contributed by atoms with Crippen molar-refractivity contribution in [2.45, 2.75) is 20.0 Å². The van der Waals surface area contributed by atoms with Gasteiger partial charge in [-0.25, -0.2) is 4.98 Å². The van der Waals surface area contributed by atoms with E-state index in [-0.39, 0.29) is 12.1 Å². The van der Waals surface area contributed by atoms with Crippen LogP contribution in [0, 0.1) is 18.3 Å². The maximum atomic E-state index is 12.6. The Morgan fingerprint density at radius 3 is 2.83 bits per heavy atom. The summed E-state index contributed by atoms with van der Waals surface area (Å²) in [5.41, 5.74) is 2.49. The Bertz CT molecular complexity index is 1000. The second kappa shape index (κ2) is 6.85. The van der Waals surface area contributed by atoms with Gasteiger partial charge in [0.1, 0.15) is 12.4 Å². The molecule has 0 fully saturated rings. The van der Waals surface area contributed by atoms with Crippen molar-refractivity contribution in [3.63, 3.8) is 0 Å². The Labute approximate surface area is 147 Å². The summed E-state index contributed by atoms with van der Waals surface area (Å²) >= 11 is 3.47. The van der Waals surface area contributed by atoms with Crippen LogP contribution >= 0.6 is 15.9 Å². The fraction of sp³-hybridized carbons (Fsp3) is 0.167. The van der Waals surface area contributed by atoms with Crippen molar-refractivity contribution in [3.8, 4) is 6.07 Å². The van der Waals surface area contributed by atoms with Crippen molar-refractivity contribution in [2.24, 2.45) is 0 Å². The van der Waals surface area contributed by atoms with Crippen LogP contribution in [0.25, 0.3) is 10.9 Å². The molecular formula is C18H15BrN4O. The Kier molecular flexibility index (Phi) is 4.63. The number of nitrogens with zero attached hydrogens (tertiary/aromatic N) is 3. The van der Waals surface area contributed by atoms with Gasteiger partial charge in [-0.3, -0.25) is 9.36 Å². The number of rotatable bonds is 4. The van der Waals surface area contributed by atoms with Crippen molar-refractivity contribution >= 4 is 32.5 Å². The molecule has 24 heavy (non-hydrogen) atoms. The molecule has 0 unspecified atom stereocenters. The summed E-state index contributed by atoms with van der Waals surface area (Å²) in [7, 11) is 0. The SMILES string of the molecule is Cc1cc(NCc2nc3ccccc3c(=O)n2CC#N)ccc1Br. The van der Waals surface area contributed by atoms with Crippen molar-refractivity contribution in [1.29, 1.82) is 5.26 Å². The number of aromatic nitrogens is 2. The number of aryl methyl sites for hydroxylation is 1. The summed E-state index contributed by atoms with van der Waals surface area (Å²) in [6.07, 6.45) is 0. The first-order valence-electron chi connectivity index (χ1n) is 7.45. The van der Waals surface area contributed by atoms with E-state index in [0.29, 0.717) is 23.3 Å². The topological polar surface area (TPSA) is 70.7 Å². The molecule has 5 nitrogen and oxygen atoms in total. The van der Waals surface area contributed by atoms with Crippen LogP contribution in [0.5, 0.6) is 0 Å². The highest BCUT2D eigenvalue weighted by atomic mass is 79.9. The summed E-state index contributed by atoms with van der Waals surface area (Å²) < 4.78 is 2.46. The zero-order chi connectivity index (χ0) is 17.1. The average molecular weight is 383 g/mol. The number of fused-ring (bicyclic) bond motifs is 1. The lowest BCUT2D eigenvalue weighted by atomic mass is 10.2. The molecule has 0 bridgehead atoms. The molecule has 1 aromatic heterocycles. The van der Waals surface area contributed by atoms with Gasteiger partial charge in [-0.05, 0) is 42.8 Å². The van der Waals surface area contributed by atoms with E-state index in [1.54, 1.807) is 18.2 Å². The highest BCUT2D eigenvalue weighted by Crippen LogP contribution is 2.20. The lowest BCUT2D eigenvalue weighted by molar-refractivity contribution is 0.709. The van der Waals surface area contributed by atoms with Gasteiger partial charge in [-0.2, -0.15) is 5.26 Å². The van der Waals surface area contributed by atoms with Crippen molar-refractivity contribution in [1.82, 2.24) is 9.55 Å². The first-order valence-corrected chi connectivity index (χ1v) is 8.25. The van der Waals surface area contributed by atoms with Crippen molar-refractivity contribution in [3.05, 3.63) is 68.7 Å². The normalized spacial score (nSPS) is 10.5. The number of nitriles is 1. The third-order valence-electron chi connectivity index (χ3n) is 3.78. The van der Waals surface area contributed by atoms with Crippen LogP contribution in [0.4, 0.5) is 5.69 Å². The van der Waals surface area contributed by atoms with Crippen LogP contribution in [-0.4, -0.2) is 9.55 Å². The maximum Gasteiger partial charge on any atom is 0.262 e. The third-order valence-corrected chi connectivity index (χ3v) is 4.67. The van der Waals surface area contributed by atoms with E-state index in [0.717, 1.165) is 15.7 Å². The standard InChI is InChI=1S/C18H15BrN4O/c1-12-10-13(6-7-15(12)19)21-11-17-22-16-5-3-2-4-14(16)18(24)23(17)9-8-20/h2-7,10,21H,9,11H2,1H3. The van der Waals surface area contributed by atoms with Crippen LogP contribution in [0.15, 0.2) is 51.7 Å². The smallest absolute Gasteiger partial charge is 0.262 e. The number of nitrogens with one attached hydrogen (secondary N) is 1. The molecular weight excluding hydrogens is 368 g/mol. The summed E-state index contributed by atoms with van der Waals surface area (Å²) in [5.74, 6) is 0.542. The molecule has 0 aliphatic heterocycles. The van der Waals surface area contributed by atoms with Gasteiger partial charge in [0.05, 0.1) is 23.5 Å². The molecule has 0 amide bonds. The van der Waals surface area contributed by atoms with Gasteiger partial charge in [0, 0.05) is 10.2 Å². The zero-order valence-electron chi connectivity index (χ0n) is 13.1. The van der Waals surface area contributed by atoms with Crippen LogP contribution in [-0.2, 0) is 13.1 Å². The number of benzene rings is 2. The van der Waals surface area contributed by atoms with E-state index in [4.69, 9.17) is 5.26 Å². The van der Waals surface area contributed by atoms with Gasteiger partial charge >= 0.3 is 0 Å². The second-order valence-electron chi connectivity index (χ2n) is 5.41. The predicted molar refractivity (Wildman–Crippen MR) is 97.8 cm³/mol. The number of anilines is 1. The predicted octanol–water partition coefficient (Wildman–Crippen LogP) is 3.60. The largest absolute Gasteiger partial charge is 0.378 e. The number of hydrogen-bond donors (Lipinski definition) is 1. The third kappa shape index (κ3) is 3.17.